The van der Waals surface area contributed by atoms with Crippen LogP contribution in [0, 0.1) is 11.3 Å². The monoisotopic (exact) mass is 262 g/mol. The van der Waals surface area contributed by atoms with Gasteiger partial charge >= 0.3 is 0 Å². The van der Waals surface area contributed by atoms with Crippen LogP contribution in [0.2, 0.25) is 0 Å². The number of benzene rings is 1. The quantitative estimate of drug-likeness (QED) is 0.735. The fraction of sp³-hybridized carbons (Fsp3) is 0. The van der Waals surface area contributed by atoms with Crippen molar-refractivity contribution in [3.05, 3.63) is 54.5 Å². The van der Waals surface area contributed by atoms with Gasteiger partial charge in [0, 0.05) is 17.8 Å². The van der Waals surface area contributed by atoms with Gasteiger partial charge in [-0.1, -0.05) is 18.2 Å². The van der Waals surface area contributed by atoms with Crippen LogP contribution < -0.4 is 4.74 Å². The predicted octanol–water partition coefficient (Wildman–Crippen LogP) is 3.29. The molecule has 0 aliphatic rings. The van der Waals surface area contributed by atoms with E-state index in [4.69, 9.17) is 10.00 Å². The van der Waals surface area contributed by atoms with Gasteiger partial charge in [0.05, 0.1) is 11.5 Å². The lowest BCUT2D eigenvalue weighted by Crippen LogP contribution is -1.90. The maximum Gasteiger partial charge on any atom is 0.232 e. The number of para-hydroxylation sites is 1. The highest BCUT2D eigenvalue weighted by atomic mass is 16.5. The molecule has 2 heterocycles. The van der Waals surface area contributed by atoms with Crippen LogP contribution in [0.3, 0.4) is 0 Å². The van der Waals surface area contributed by atoms with Crippen LogP contribution in [-0.2, 0) is 0 Å². The molecule has 2 aromatic heterocycles. The number of nitrogens with one attached hydrogen (secondary N) is 1. The fourth-order valence-electron chi connectivity index (χ4n) is 1.89. The van der Waals surface area contributed by atoms with Crippen molar-refractivity contribution < 1.29 is 4.74 Å². The Bertz CT molecular complexity index is 800. The van der Waals surface area contributed by atoms with Crippen LogP contribution in [0.5, 0.6) is 11.6 Å². The van der Waals surface area contributed by atoms with Gasteiger partial charge in [-0.15, -0.1) is 0 Å². The number of H-pyrrole nitrogens is 1. The molecule has 1 aromatic carbocycles. The second kappa shape index (κ2) is 5.24. The summed E-state index contributed by atoms with van der Waals surface area (Å²) in [6.07, 6.45) is 6.31. The summed E-state index contributed by atoms with van der Waals surface area (Å²) in [5.41, 5.74) is 1.48. The smallest absolute Gasteiger partial charge is 0.232 e. The average Bonchev–Trinajstić information content (AvgIpc) is 2.90. The highest BCUT2D eigenvalue weighted by molar-refractivity contribution is 5.90. The van der Waals surface area contributed by atoms with Gasteiger partial charge in [-0.2, -0.15) is 5.26 Å². The molecular weight excluding hydrogens is 252 g/mol. The molecular formula is C15H10N4O. The molecule has 0 fully saturated rings. The zero-order valence-electron chi connectivity index (χ0n) is 10.4. The lowest BCUT2D eigenvalue weighted by Gasteiger charge is -2.05. The lowest BCUT2D eigenvalue weighted by atomic mass is 10.2. The third kappa shape index (κ3) is 2.22. The molecule has 3 aromatic rings. The van der Waals surface area contributed by atoms with Crippen LogP contribution in [0.1, 0.15) is 5.56 Å². The Morgan fingerprint density at radius 1 is 1.20 bits per heavy atom. The Morgan fingerprint density at radius 2 is 2.05 bits per heavy atom. The molecule has 5 heteroatoms. The Hall–Kier alpha value is -3.13. The number of fused-ring (bicyclic) bond motifs is 1. The van der Waals surface area contributed by atoms with Gasteiger partial charge < -0.3 is 9.72 Å². The summed E-state index contributed by atoms with van der Waals surface area (Å²) >= 11 is 0. The van der Waals surface area contributed by atoms with Crippen LogP contribution in [0.4, 0.5) is 0 Å². The first kappa shape index (κ1) is 11.9. The highest BCUT2D eigenvalue weighted by Crippen LogP contribution is 2.29. The largest absolute Gasteiger partial charge is 0.438 e. The minimum Gasteiger partial charge on any atom is -0.438 e. The zero-order chi connectivity index (χ0) is 13.8. The Labute approximate surface area is 115 Å². The van der Waals surface area contributed by atoms with Crippen molar-refractivity contribution in [2.75, 3.05) is 0 Å². The molecule has 0 amide bonds. The number of hydrogen-bond acceptors (Lipinski definition) is 4. The van der Waals surface area contributed by atoms with Crippen molar-refractivity contribution >= 4 is 17.1 Å². The third-order valence-electron chi connectivity index (χ3n) is 2.76. The Kier molecular flexibility index (Phi) is 3.13. The van der Waals surface area contributed by atoms with Gasteiger partial charge in [-0.25, -0.2) is 9.97 Å². The van der Waals surface area contributed by atoms with Crippen molar-refractivity contribution in [1.82, 2.24) is 15.0 Å². The standard InChI is InChI=1S/C15H10N4O/c16-8-4-5-11-9-17-14-13(11)15(19-10-18-14)20-12-6-2-1-3-7-12/h1-7,9-10H,(H,17,18,19)/b5-4-. The van der Waals surface area contributed by atoms with Gasteiger partial charge in [-0.05, 0) is 18.2 Å². The zero-order valence-corrected chi connectivity index (χ0v) is 10.4. The van der Waals surface area contributed by atoms with E-state index in [2.05, 4.69) is 15.0 Å². The molecule has 0 aliphatic heterocycles. The van der Waals surface area contributed by atoms with Crippen molar-refractivity contribution in [2.24, 2.45) is 0 Å². The molecule has 0 saturated heterocycles. The first-order chi connectivity index (χ1) is 9.88. The SMILES string of the molecule is N#C/C=C\c1c[nH]c2ncnc(Oc3ccccc3)c12. The van der Waals surface area contributed by atoms with E-state index >= 15 is 0 Å². The summed E-state index contributed by atoms with van der Waals surface area (Å²) in [7, 11) is 0. The van der Waals surface area contributed by atoms with E-state index in [1.807, 2.05) is 36.4 Å². The Morgan fingerprint density at radius 3 is 2.85 bits per heavy atom. The molecule has 3 rings (SSSR count). The van der Waals surface area contributed by atoms with Gasteiger partial charge in [-0.3, -0.25) is 0 Å². The second-order valence-corrected chi connectivity index (χ2v) is 4.02. The van der Waals surface area contributed by atoms with Crippen LogP contribution >= 0.6 is 0 Å². The van der Waals surface area contributed by atoms with E-state index in [9.17, 15) is 0 Å². The summed E-state index contributed by atoms with van der Waals surface area (Å²) in [6.45, 7) is 0. The molecule has 20 heavy (non-hydrogen) atoms. The fourth-order valence-corrected chi connectivity index (χ4v) is 1.89. The first-order valence-electron chi connectivity index (χ1n) is 5.99. The Balaban J connectivity index is 2.08. The number of aromatic amines is 1. The lowest BCUT2D eigenvalue weighted by molar-refractivity contribution is 0.468. The summed E-state index contributed by atoms with van der Waals surface area (Å²) in [5.74, 6) is 1.16. The number of nitriles is 1. The van der Waals surface area contributed by atoms with E-state index in [-0.39, 0.29) is 0 Å². The number of aromatic nitrogens is 3. The van der Waals surface area contributed by atoms with Gasteiger partial charge in [0.25, 0.3) is 0 Å². The molecule has 5 nitrogen and oxygen atoms in total. The van der Waals surface area contributed by atoms with Crippen molar-refractivity contribution in [1.29, 1.82) is 5.26 Å². The average molecular weight is 262 g/mol. The molecule has 0 atom stereocenters. The van der Waals surface area contributed by atoms with Crippen molar-refractivity contribution in [3.8, 4) is 17.7 Å². The van der Waals surface area contributed by atoms with Gasteiger partial charge in [0.15, 0.2) is 0 Å². The van der Waals surface area contributed by atoms with E-state index in [0.717, 1.165) is 10.9 Å². The van der Waals surface area contributed by atoms with Gasteiger partial charge in [0.2, 0.25) is 5.88 Å². The minimum absolute atomic E-state index is 0.458. The predicted molar refractivity (Wildman–Crippen MR) is 75.1 cm³/mol. The number of nitrogens with zero attached hydrogens (tertiary/aromatic N) is 3. The summed E-state index contributed by atoms with van der Waals surface area (Å²) in [6, 6.07) is 11.4. The van der Waals surface area contributed by atoms with E-state index in [0.29, 0.717) is 17.3 Å². The molecule has 0 unspecified atom stereocenters. The maximum absolute atomic E-state index is 8.63. The van der Waals surface area contributed by atoms with Crippen LogP contribution in [-0.4, -0.2) is 15.0 Å². The molecule has 0 aliphatic carbocycles. The van der Waals surface area contributed by atoms with Crippen LogP contribution in [0.25, 0.3) is 17.1 Å². The molecule has 96 valence electrons. The molecule has 0 spiro atoms. The van der Waals surface area contributed by atoms with E-state index in [1.165, 1.54) is 12.4 Å². The van der Waals surface area contributed by atoms with Crippen molar-refractivity contribution in [3.63, 3.8) is 0 Å². The molecule has 0 saturated carbocycles. The summed E-state index contributed by atoms with van der Waals surface area (Å²) in [4.78, 5) is 11.4. The first-order valence-corrected chi connectivity index (χ1v) is 5.99. The maximum atomic E-state index is 8.63. The molecule has 0 radical (unpaired) electrons. The van der Waals surface area contributed by atoms with E-state index in [1.54, 1.807) is 12.3 Å². The summed E-state index contributed by atoms with van der Waals surface area (Å²) < 4.78 is 5.78. The van der Waals surface area contributed by atoms with Crippen molar-refractivity contribution in [2.45, 2.75) is 0 Å². The topological polar surface area (TPSA) is 74.6 Å². The second-order valence-electron chi connectivity index (χ2n) is 4.02. The minimum atomic E-state index is 0.458. The number of ether oxygens (including phenoxy) is 1. The number of rotatable bonds is 3. The number of allylic oxidation sites excluding steroid dienone is 1. The summed E-state index contributed by atoms with van der Waals surface area (Å²) in [5, 5.41) is 9.38. The number of hydrogen-bond donors (Lipinski definition) is 1. The molecule has 0 bridgehead atoms. The molecule has 1 N–H and O–H groups in total. The van der Waals surface area contributed by atoms with Gasteiger partial charge in [0.1, 0.15) is 17.7 Å². The third-order valence-corrected chi connectivity index (χ3v) is 2.76. The van der Waals surface area contributed by atoms with Crippen LogP contribution in [0.15, 0.2) is 48.9 Å². The van der Waals surface area contributed by atoms with E-state index < -0.39 is 0 Å². The highest BCUT2D eigenvalue weighted by Gasteiger charge is 2.11. The normalized spacial score (nSPS) is 10.8.